The molecule has 33 heavy (non-hydrogen) atoms. The molecule has 0 fully saturated rings. The van der Waals surface area contributed by atoms with E-state index >= 15 is 0 Å². The quantitative estimate of drug-likeness (QED) is 0.144. The first-order valence-electron chi connectivity index (χ1n) is 9.05. The molecule has 4 nitrogen and oxygen atoms in total. The van der Waals surface area contributed by atoms with Crippen LogP contribution in [0.4, 0.5) is 26.3 Å². The number of carbonyl (C=O) groups excluding carboxylic acids is 1. The molecular formula is C20H12Cl2F6O4S. The number of allylic oxidation sites excluding steroid dienone is 2. The standard InChI is InChI=1S/C20H12Cl2F6O4S/c21-11-6-10(7-12(22)8-11)16(19(23,24)25)9-17(29)14-4-5-18(15-3-1-2-13(14)15)32-33(30,31)20(26,27)28/h4-9H,1-3H2. The highest BCUT2D eigenvalue weighted by Crippen LogP contribution is 2.39. The van der Waals surface area contributed by atoms with Crippen LogP contribution in [0.1, 0.15) is 33.5 Å². The maximum atomic E-state index is 13.7. The molecule has 0 aliphatic heterocycles. The molecule has 0 saturated carbocycles. The van der Waals surface area contributed by atoms with Crippen LogP contribution in [-0.4, -0.2) is 25.9 Å². The van der Waals surface area contributed by atoms with Gasteiger partial charge in [0.1, 0.15) is 5.75 Å². The fourth-order valence-electron chi connectivity index (χ4n) is 3.39. The summed E-state index contributed by atoms with van der Waals surface area (Å²) in [5, 5.41) is -0.179. The van der Waals surface area contributed by atoms with E-state index in [0.29, 0.717) is 12.5 Å². The molecule has 0 saturated heterocycles. The molecule has 0 N–H and O–H groups in total. The van der Waals surface area contributed by atoms with Crippen LogP contribution >= 0.6 is 23.2 Å². The summed E-state index contributed by atoms with van der Waals surface area (Å²) in [6.45, 7) is 0. The van der Waals surface area contributed by atoms with Gasteiger partial charge in [-0.1, -0.05) is 23.2 Å². The monoisotopic (exact) mass is 532 g/mol. The number of ketones is 1. The van der Waals surface area contributed by atoms with E-state index < -0.39 is 44.5 Å². The van der Waals surface area contributed by atoms with E-state index in [9.17, 15) is 39.6 Å². The first-order valence-corrected chi connectivity index (χ1v) is 11.2. The number of hydrogen-bond acceptors (Lipinski definition) is 4. The van der Waals surface area contributed by atoms with E-state index in [1.165, 1.54) is 6.07 Å². The van der Waals surface area contributed by atoms with E-state index in [0.717, 1.165) is 24.3 Å². The van der Waals surface area contributed by atoms with Crippen LogP contribution in [0.3, 0.4) is 0 Å². The van der Waals surface area contributed by atoms with Gasteiger partial charge in [0.25, 0.3) is 0 Å². The molecule has 1 aliphatic rings. The van der Waals surface area contributed by atoms with E-state index in [2.05, 4.69) is 4.18 Å². The number of fused-ring (bicyclic) bond motifs is 1. The van der Waals surface area contributed by atoms with Gasteiger partial charge in [0.05, 0.1) is 5.57 Å². The molecule has 0 amide bonds. The highest BCUT2D eigenvalue weighted by molar-refractivity contribution is 7.88. The van der Waals surface area contributed by atoms with Crippen molar-refractivity contribution in [3.05, 3.63) is 68.7 Å². The van der Waals surface area contributed by atoms with E-state index in [1.807, 2.05) is 0 Å². The molecule has 3 rings (SSSR count). The van der Waals surface area contributed by atoms with Crippen molar-refractivity contribution >= 4 is 44.7 Å². The molecule has 2 aromatic rings. The number of halogens is 8. The van der Waals surface area contributed by atoms with Gasteiger partial charge >= 0.3 is 21.8 Å². The summed E-state index contributed by atoms with van der Waals surface area (Å²) in [6.07, 6.45) is -4.07. The van der Waals surface area contributed by atoms with Gasteiger partial charge in [-0.3, -0.25) is 4.79 Å². The fraction of sp³-hybridized carbons (Fsp3) is 0.250. The Morgan fingerprint density at radius 1 is 0.939 bits per heavy atom. The fourth-order valence-corrected chi connectivity index (χ4v) is 4.41. The second-order valence-corrected chi connectivity index (χ2v) is 9.39. The second kappa shape index (κ2) is 8.84. The Morgan fingerprint density at radius 2 is 1.52 bits per heavy atom. The number of alkyl halides is 6. The number of hydrogen-bond donors (Lipinski definition) is 0. The summed E-state index contributed by atoms with van der Waals surface area (Å²) in [5.41, 5.74) is -7.53. The molecule has 0 heterocycles. The first-order chi connectivity index (χ1) is 15.1. The first kappa shape index (κ1) is 25.4. The predicted molar refractivity (Wildman–Crippen MR) is 109 cm³/mol. The molecule has 0 spiro atoms. The smallest absolute Gasteiger partial charge is 0.376 e. The van der Waals surface area contributed by atoms with Crippen LogP contribution in [0, 0.1) is 0 Å². The highest BCUT2D eigenvalue weighted by atomic mass is 35.5. The van der Waals surface area contributed by atoms with Crippen molar-refractivity contribution < 1.29 is 43.7 Å². The van der Waals surface area contributed by atoms with Crippen molar-refractivity contribution in [2.24, 2.45) is 0 Å². The van der Waals surface area contributed by atoms with Gasteiger partial charge < -0.3 is 4.18 Å². The molecule has 1 aliphatic carbocycles. The van der Waals surface area contributed by atoms with Gasteiger partial charge in [0.2, 0.25) is 0 Å². The van der Waals surface area contributed by atoms with Crippen molar-refractivity contribution in [1.29, 1.82) is 0 Å². The lowest BCUT2D eigenvalue weighted by molar-refractivity contribution is -0.0690. The molecule has 13 heteroatoms. The molecule has 0 bridgehead atoms. The minimum absolute atomic E-state index is 0.0152. The van der Waals surface area contributed by atoms with Gasteiger partial charge in [0, 0.05) is 15.6 Å². The predicted octanol–water partition coefficient (Wildman–Crippen LogP) is 6.54. The summed E-state index contributed by atoms with van der Waals surface area (Å²) in [4.78, 5) is 12.8. The Hall–Kier alpha value is -2.24. The zero-order valence-corrected chi connectivity index (χ0v) is 18.5. The SMILES string of the molecule is O=C(C=C(c1cc(Cl)cc(Cl)c1)C(F)(F)F)c1ccc(OS(=O)(=O)C(F)(F)F)c2c1CCC2. The van der Waals surface area contributed by atoms with Crippen LogP contribution in [0.15, 0.2) is 36.4 Å². The van der Waals surface area contributed by atoms with Crippen molar-refractivity contribution in [2.75, 3.05) is 0 Å². The average Bonchev–Trinajstić information content (AvgIpc) is 3.13. The Kier molecular flexibility index (Phi) is 6.80. The van der Waals surface area contributed by atoms with Gasteiger partial charge in [-0.25, -0.2) is 0 Å². The second-order valence-electron chi connectivity index (χ2n) is 6.98. The Balaban J connectivity index is 2.07. The van der Waals surface area contributed by atoms with E-state index in [-0.39, 0.29) is 39.6 Å². The van der Waals surface area contributed by atoms with Crippen LogP contribution in [0.2, 0.25) is 10.0 Å². The van der Waals surface area contributed by atoms with E-state index in [1.54, 1.807) is 0 Å². The minimum atomic E-state index is -5.96. The summed E-state index contributed by atoms with van der Waals surface area (Å²) in [6, 6.07) is 4.91. The summed E-state index contributed by atoms with van der Waals surface area (Å²) < 4.78 is 106. The van der Waals surface area contributed by atoms with Gasteiger partial charge in [-0.2, -0.15) is 34.8 Å². The molecular weight excluding hydrogens is 521 g/mol. The molecule has 2 aromatic carbocycles. The molecule has 0 aromatic heterocycles. The van der Waals surface area contributed by atoms with Crippen LogP contribution in [0.25, 0.3) is 5.57 Å². The lowest BCUT2D eigenvalue weighted by atomic mass is 9.96. The minimum Gasteiger partial charge on any atom is -0.376 e. The average molecular weight is 533 g/mol. The summed E-state index contributed by atoms with van der Waals surface area (Å²) in [5.74, 6) is -1.71. The number of benzene rings is 2. The zero-order valence-electron chi connectivity index (χ0n) is 16.2. The largest absolute Gasteiger partial charge is 0.534 e. The maximum Gasteiger partial charge on any atom is 0.534 e. The third-order valence-electron chi connectivity index (χ3n) is 4.74. The van der Waals surface area contributed by atoms with Crippen molar-refractivity contribution in [2.45, 2.75) is 30.9 Å². The lowest BCUT2D eigenvalue weighted by Crippen LogP contribution is -2.28. The van der Waals surface area contributed by atoms with Crippen molar-refractivity contribution in [3.63, 3.8) is 0 Å². The molecule has 178 valence electrons. The Labute approximate surface area is 193 Å². The summed E-state index contributed by atoms with van der Waals surface area (Å²) >= 11 is 11.5. The molecule has 0 atom stereocenters. The third kappa shape index (κ3) is 5.47. The normalized spacial score (nSPS) is 14.8. The van der Waals surface area contributed by atoms with Gasteiger partial charge in [0.15, 0.2) is 5.78 Å². The maximum absolute atomic E-state index is 13.7. The Morgan fingerprint density at radius 3 is 2.06 bits per heavy atom. The van der Waals surface area contributed by atoms with Crippen LogP contribution in [0.5, 0.6) is 5.75 Å². The third-order valence-corrected chi connectivity index (χ3v) is 6.15. The van der Waals surface area contributed by atoms with Gasteiger partial charge in [-0.05, 0) is 72.4 Å². The highest BCUT2D eigenvalue weighted by Gasteiger charge is 2.49. The lowest BCUT2D eigenvalue weighted by Gasteiger charge is -2.15. The van der Waals surface area contributed by atoms with E-state index in [4.69, 9.17) is 23.2 Å². The molecule has 0 unspecified atom stereocenters. The molecule has 0 radical (unpaired) electrons. The van der Waals surface area contributed by atoms with Gasteiger partial charge in [-0.15, -0.1) is 0 Å². The zero-order chi connectivity index (χ0) is 24.8. The van der Waals surface area contributed by atoms with Crippen LogP contribution < -0.4 is 4.18 Å². The topological polar surface area (TPSA) is 60.4 Å². The van der Waals surface area contributed by atoms with Crippen molar-refractivity contribution in [1.82, 2.24) is 0 Å². The number of carbonyl (C=O) groups is 1. The Bertz CT molecular complexity index is 1230. The number of rotatable bonds is 5. The summed E-state index contributed by atoms with van der Waals surface area (Å²) in [7, 11) is -5.96. The van der Waals surface area contributed by atoms with Crippen LogP contribution in [-0.2, 0) is 23.0 Å². The van der Waals surface area contributed by atoms with Crippen molar-refractivity contribution in [3.8, 4) is 5.75 Å².